The van der Waals surface area contributed by atoms with Crippen molar-refractivity contribution in [3.63, 3.8) is 0 Å². The molecule has 0 saturated carbocycles. The van der Waals surface area contributed by atoms with Gasteiger partial charge in [0.25, 0.3) is 0 Å². The second-order valence-electron chi connectivity index (χ2n) is 6.15. The van der Waals surface area contributed by atoms with Crippen molar-refractivity contribution in [3.8, 4) is 0 Å². The van der Waals surface area contributed by atoms with E-state index in [1.807, 2.05) is 18.2 Å². The molecule has 0 spiro atoms. The highest BCUT2D eigenvalue weighted by Gasteiger charge is 2.22. The Balaban J connectivity index is 2.08. The minimum Gasteiger partial charge on any atom is -0.467 e. The molecule has 1 atom stereocenters. The van der Waals surface area contributed by atoms with Crippen molar-refractivity contribution in [2.45, 2.75) is 26.3 Å². The predicted octanol–water partition coefficient (Wildman–Crippen LogP) is 4.02. The maximum absolute atomic E-state index is 5.61. The molecule has 2 aromatic rings. The smallest absolute Gasteiger partial charge is 0.125 e. The molecular weight excluding hydrogens is 262 g/mol. The summed E-state index contributed by atoms with van der Waals surface area (Å²) in [7, 11) is 1.75. The molecule has 3 nitrogen and oxygen atoms in total. The molecule has 0 aliphatic rings. The fourth-order valence-corrected chi connectivity index (χ4v) is 2.33. The summed E-state index contributed by atoms with van der Waals surface area (Å²) >= 11 is 0. The highest BCUT2D eigenvalue weighted by Crippen LogP contribution is 2.25. The Kier molecular flexibility index (Phi) is 5.59. The van der Waals surface area contributed by atoms with Crippen molar-refractivity contribution in [1.29, 1.82) is 0 Å². The zero-order valence-electron chi connectivity index (χ0n) is 13.1. The van der Waals surface area contributed by atoms with E-state index in [0.717, 1.165) is 25.3 Å². The second kappa shape index (κ2) is 7.43. The van der Waals surface area contributed by atoms with Crippen molar-refractivity contribution in [2.24, 2.45) is 5.41 Å². The van der Waals surface area contributed by atoms with Gasteiger partial charge in [0.1, 0.15) is 5.76 Å². The number of benzene rings is 1. The molecule has 0 aliphatic carbocycles. The summed E-state index contributed by atoms with van der Waals surface area (Å²) in [5.74, 6) is 0.948. The number of hydrogen-bond donors (Lipinski definition) is 1. The Bertz CT molecular complexity index is 505. The van der Waals surface area contributed by atoms with E-state index in [0.29, 0.717) is 0 Å². The number of hydrogen-bond acceptors (Lipinski definition) is 3. The van der Waals surface area contributed by atoms with E-state index in [9.17, 15) is 0 Å². The molecule has 3 heteroatoms. The first kappa shape index (κ1) is 15.8. The lowest BCUT2D eigenvalue weighted by Crippen LogP contribution is -2.33. The van der Waals surface area contributed by atoms with Crippen LogP contribution in [0.3, 0.4) is 0 Å². The minimum atomic E-state index is 0.0861. The fourth-order valence-electron chi connectivity index (χ4n) is 2.33. The van der Waals surface area contributed by atoms with E-state index >= 15 is 0 Å². The third kappa shape index (κ3) is 4.73. The maximum Gasteiger partial charge on any atom is 0.125 e. The van der Waals surface area contributed by atoms with Crippen molar-refractivity contribution in [3.05, 3.63) is 60.1 Å². The monoisotopic (exact) mass is 287 g/mol. The number of rotatable bonds is 8. The molecule has 1 heterocycles. The number of furan rings is 1. The van der Waals surface area contributed by atoms with Crippen LogP contribution in [0.25, 0.3) is 0 Å². The normalized spacial score (nSPS) is 13.3. The summed E-state index contributed by atoms with van der Waals surface area (Å²) in [4.78, 5) is 0. The van der Waals surface area contributed by atoms with Gasteiger partial charge in [-0.2, -0.15) is 0 Å². The van der Waals surface area contributed by atoms with Gasteiger partial charge in [-0.05, 0) is 29.5 Å². The molecule has 114 valence electrons. The van der Waals surface area contributed by atoms with Gasteiger partial charge in [-0.1, -0.05) is 44.2 Å². The lowest BCUT2D eigenvalue weighted by molar-refractivity contribution is 0.149. The zero-order valence-corrected chi connectivity index (χ0v) is 13.1. The summed E-state index contributed by atoms with van der Waals surface area (Å²) in [6.45, 7) is 6.19. The largest absolute Gasteiger partial charge is 0.467 e. The fraction of sp³-hybridized carbons (Fsp3) is 0.444. The zero-order chi connectivity index (χ0) is 15.1. The molecule has 1 N–H and O–H groups in total. The van der Waals surface area contributed by atoms with Crippen molar-refractivity contribution in [1.82, 2.24) is 5.32 Å². The van der Waals surface area contributed by atoms with Crippen LogP contribution >= 0.6 is 0 Å². The molecule has 21 heavy (non-hydrogen) atoms. The third-order valence-electron chi connectivity index (χ3n) is 3.73. The van der Waals surface area contributed by atoms with Gasteiger partial charge in [0.05, 0.1) is 12.3 Å². The first-order chi connectivity index (χ1) is 10.1. The highest BCUT2D eigenvalue weighted by molar-refractivity contribution is 5.26. The highest BCUT2D eigenvalue weighted by atomic mass is 16.5. The average molecular weight is 287 g/mol. The first-order valence-corrected chi connectivity index (χ1v) is 7.43. The topological polar surface area (TPSA) is 34.4 Å². The molecule has 1 aromatic heterocycles. The Morgan fingerprint density at radius 2 is 1.90 bits per heavy atom. The van der Waals surface area contributed by atoms with Crippen LogP contribution in [0.5, 0.6) is 0 Å². The Morgan fingerprint density at radius 1 is 1.14 bits per heavy atom. The molecule has 1 aromatic carbocycles. The minimum absolute atomic E-state index is 0.0861. The lowest BCUT2D eigenvalue weighted by atomic mass is 9.89. The van der Waals surface area contributed by atoms with Gasteiger partial charge in [0.2, 0.25) is 0 Å². The van der Waals surface area contributed by atoms with Gasteiger partial charge in [0, 0.05) is 20.3 Å². The van der Waals surface area contributed by atoms with E-state index in [-0.39, 0.29) is 11.5 Å². The van der Waals surface area contributed by atoms with Crippen LogP contribution < -0.4 is 5.32 Å². The standard InChI is InChI=1S/C18H25NO2/c1-18(2,11-13-20-3)14-19-17(16-10-7-12-21-16)15-8-5-4-6-9-15/h4-10,12,17,19H,11,13-14H2,1-3H3. The van der Waals surface area contributed by atoms with Crippen molar-refractivity contribution >= 4 is 0 Å². The second-order valence-corrected chi connectivity index (χ2v) is 6.15. The maximum atomic E-state index is 5.61. The summed E-state index contributed by atoms with van der Waals surface area (Å²) in [6.07, 6.45) is 2.75. The van der Waals surface area contributed by atoms with Gasteiger partial charge in [-0.15, -0.1) is 0 Å². The molecule has 0 aliphatic heterocycles. The van der Waals surface area contributed by atoms with Crippen LogP contribution in [0.15, 0.2) is 53.1 Å². The number of ether oxygens (including phenoxy) is 1. The van der Waals surface area contributed by atoms with Gasteiger partial charge < -0.3 is 14.5 Å². The van der Waals surface area contributed by atoms with E-state index < -0.39 is 0 Å². The summed E-state index contributed by atoms with van der Waals surface area (Å²) in [5, 5.41) is 3.64. The first-order valence-electron chi connectivity index (χ1n) is 7.43. The summed E-state index contributed by atoms with van der Waals surface area (Å²) in [5.41, 5.74) is 1.39. The quantitative estimate of drug-likeness (QED) is 0.796. The van der Waals surface area contributed by atoms with Crippen LogP contribution in [0.4, 0.5) is 0 Å². The van der Waals surface area contributed by atoms with Crippen LogP contribution in [0.1, 0.15) is 37.6 Å². The van der Waals surface area contributed by atoms with Crippen LogP contribution in [-0.4, -0.2) is 20.3 Å². The summed E-state index contributed by atoms with van der Waals surface area (Å²) < 4.78 is 10.8. The van der Waals surface area contributed by atoms with Crippen LogP contribution in [0.2, 0.25) is 0 Å². The van der Waals surface area contributed by atoms with Crippen molar-refractivity contribution in [2.75, 3.05) is 20.3 Å². The molecule has 0 amide bonds. The van der Waals surface area contributed by atoms with Crippen LogP contribution in [0, 0.1) is 5.41 Å². The molecule has 0 bridgehead atoms. The van der Waals surface area contributed by atoms with E-state index in [1.165, 1.54) is 5.56 Å². The third-order valence-corrected chi connectivity index (χ3v) is 3.73. The molecule has 1 unspecified atom stereocenters. The lowest BCUT2D eigenvalue weighted by Gasteiger charge is -2.28. The SMILES string of the molecule is COCCC(C)(C)CNC(c1ccccc1)c1ccco1. The summed E-state index contributed by atoms with van der Waals surface area (Å²) in [6, 6.07) is 14.4. The number of nitrogens with one attached hydrogen (secondary N) is 1. The van der Waals surface area contributed by atoms with Gasteiger partial charge in [0.15, 0.2) is 0 Å². The predicted molar refractivity (Wildman–Crippen MR) is 85.3 cm³/mol. The van der Waals surface area contributed by atoms with Gasteiger partial charge >= 0.3 is 0 Å². The van der Waals surface area contributed by atoms with Crippen molar-refractivity contribution < 1.29 is 9.15 Å². The Hall–Kier alpha value is -1.58. The van der Waals surface area contributed by atoms with Gasteiger partial charge in [-0.3, -0.25) is 0 Å². The molecule has 0 radical (unpaired) electrons. The van der Waals surface area contributed by atoms with Gasteiger partial charge in [-0.25, -0.2) is 0 Å². The average Bonchev–Trinajstić information content (AvgIpc) is 3.01. The molecule has 2 rings (SSSR count). The van der Waals surface area contributed by atoms with E-state index in [4.69, 9.17) is 9.15 Å². The Morgan fingerprint density at radius 3 is 2.52 bits per heavy atom. The molecular formula is C18H25NO2. The van der Waals surface area contributed by atoms with Crippen LogP contribution in [-0.2, 0) is 4.74 Å². The number of methoxy groups -OCH3 is 1. The van der Waals surface area contributed by atoms with E-state index in [1.54, 1.807) is 13.4 Å². The molecule has 0 saturated heterocycles. The molecule has 0 fully saturated rings. The van der Waals surface area contributed by atoms with E-state index in [2.05, 4.69) is 43.4 Å². The Labute approximate surface area is 127 Å².